The number of aryl methyl sites for hydroxylation is 1. The van der Waals surface area contributed by atoms with Crippen LogP contribution in [-0.4, -0.2) is 48.3 Å². The molecule has 2 aliphatic heterocycles. The maximum Gasteiger partial charge on any atom is 0.252 e. The van der Waals surface area contributed by atoms with Crippen molar-refractivity contribution < 1.29 is 17.9 Å². The lowest BCUT2D eigenvalue weighted by Crippen LogP contribution is -2.43. The molecule has 0 saturated carbocycles. The van der Waals surface area contributed by atoms with Gasteiger partial charge in [0.2, 0.25) is 5.91 Å². The van der Waals surface area contributed by atoms with Crippen LogP contribution < -0.4 is 5.32 Å². The first-order valence-electron chi connectivity index (χ1n) is 10.9. The van der Waals surface area contributed by atoms with E-state index in [0.717, 1.165) is 41.2 Å². The molecule has 8 nitrogen and oxygen atoms in total. The molecule has 2 unspecified atom stereocenters. The Morgan fingerprint density at radius 3 is 2.88 bits per heavy atom. The molecule has 0 spiro atoms. The summed E-state index contributed by atoms with van der Waals surface area (Å²) >= 11 is 1.26. The molecule has 2 N–H and O–H groups in total. The third-order valence-electron chi connectivity index (χ3n) is 6.07. The Hall–Kier alpha value is -2.27. The van der Waals surface area contributed by atoms with Gasteiger partial charge in [0.1, 0.15) is 16.1 Å². The Balaban J connectivity index is 1.28. The molecule has 0 bridgehead atoms. The average Bonchev–Trinajstić information content (AvgIpc) is 3.54. The maximum atomic E-state index is 13.0. The van der Waals surface area contributed by atoms with Crippen LogP contribution >= 0.6 is 11.3 Å². The van der Waals surface area contributed by atoms with E-state index >= 15 is 0 Å². The first kappa shape index (κ1) is 21.6. The average molecular weight is 475 g/mol. The van der Waals surface area contributed by atoms with Crippen LogP contribution in [0.4, 0.5) is 5.69 Å². The summed E-state index contributed by atoms with van der Waals surface area (Å²) in [7, 11) is -3.57. The fourth-order valence-corrected chi connectivity index (χ4v) is 7.31. The predicted molar refractivity (Wildman–Crippen MR) is 123 cm³/mol. The van der Waals surface area contributed by atoms with Crippen molar-refractivity contribution in [3.8, 4) is 0 Å². The lowest BCUT2D eigenvalue weighted by atomic mass is 9.98. The number of thiophene rings is 1. The first-order chi connectivity index (χ1) is 15.4. The standard InChI is InChI=1S/C22H26N4O4S2/c1-14-6-9-20(31-14)32(28,29)26-10-2-4-15(13-26)22(27)23-16-7-8-17-18(12-16)25-21(24-17)19-5-3-11-30-19/h6-9,12,15,19H,2-5,10-11,13H2,1H3,(H,23,27)(H,24,25). The number of nitrogens with zero attached hydrogens (tertiary/aromatic N) is 2. The van der Waals surface area contributed by atoms with Crippen LogP contribution in [-0.2, 0) is 19.6 Å². The normalized spacial score (nSPS) is 22.4. The fraction of sp³-hybridized carbons (Fsp3) is 0.455. The van der Waals surface area contributed by atoms with Gasteiger partial charge in [-0.15, -0.1) is 11.3 Å². The van der Waals surface area contributed by atoms with E-state index in [2.05, 4.69) is 15.3 Å². The summed E-state index contributed by atoms with van der Waals surface area (Å²) in [4.78, 5) is 21.8. The zero-order valence-electron chi connectivity index (χ0n) is 17.8. The SMILES string of the molecule is Cc1ccc(S(=O)(=O)N2CCCC(C(=O)Nc3ccc4nc(C5CCCO5)[nH]c4c3)C2)s1. The van der Waals surface area contributed by atoms with Gasteiger partial charge in [-0.1, -0.05) is 0 Å². The number of sulfonamides is 1. The van der Waals surface area contributed by atoms with Crippen LogP contribution in [0, 0.1) is 12.8 Å². The number of hydrogen-bond acceptors (Lipinski definition) is 6. The van der Waals surface area contributed by atoms with E-state index in [-0.39, 0.29) is 24.5 Å². The first-order valence-corrected chi connectivity index (χ1v) is 13.1. The molecule has 32 heavy (non-hydrogen) atoms. The number of aromatic amines is 1. The largest absolute Gasteiger partial charge is 0.370 e. The van der Waals surface area contributed by atoms with Crippen molar-refractivity contribution in [1.82, 2.24) is 14.3 Å². The number of fused-ring (bicyclic) bond motifs is 1. The summed E-state index contributed by atoms with van der Waals surface area (Å²) in [6.07, 6.45) is 3.31. The number of benzene rings is 1. The molecule has 3 aromatic rings. The molecule has 170 valence electrons. The minimum atomic E-state index is -3.57. The van der Waals surface area contributed by atoms with Gasteiger partial charge in [-0.25, -0.2) is 13.4 Å². The number of amides is 1. The van der Waals surface area contributed by atoms with E-state index in [0.29, 0.717) is 29.3 Å². The fourth-order valence-electron chi connectivity index (χ4n) is 4.35. The van der Waals surface area contributed by atoms with Gasteiger partial charge in [-0.2, -0.15) is 4.31 Å². The molecule has 2 aliphatic rings. The van der Waals surface area contributed by atoms with Gasteiger partial charge in [-0.05, 0) is 62.9 Å². The van der Waals surface area contributed by atoms with Gasteiger partial charge < -0.3 is 15.0 Å². The van der Waals surface area contributed by atoms with Gasteiger partial charge in [0, 0.05) is 30.3 Å². The Morgan fingerprint density at radius 1 is 1.25 bits per heavy atom. The number of rotatable bonds is 5. The zero-order chi connectivity index (χ0) is 22.3. The van der Waals surface area contributed by atoms with Gasteiger partial charge >= 0.3 is 0 Å². The van der Waals surface area contributed by atoms with E-state index in [1.54, 1.807) is 6.07 Å². The van der Waals surface area contributed by atoms with E-state index in [4.69, 9.17) is 4.74 Å². The number of hydrogen-bond donors (Lipinski definition) is 2. The smallest absolute Gasteiger partial charge is 0.252 e. The number of carbonyl (C=O) groups excluding carboxylic acids is 1. The van der Waals surface area contributed by atoms with Crippen LogP contribution in [0.5, 0.6) is 0 Å². The number of H-pyrrole nitrogens is 1. The number of carbonyl (C=O) groups is 1. The van der Waals surface area contributed by atoms with Crippen LogP contribution in [0.3, 0.4) is 0 Å². The second-order valence-corrected chi connectivity index (χ2v) is 11.9. The molecule has 5 rings (SSSR count). The molecular weight excluding hydrogens is 448 g/mol. The minimum Gasteiger partial charge on any atom is -0.370 e. The van der Waals surface area contributed by atoms with Crippen molar-refractivity contribution in [3.05, 3.63) is 41.0 Å². The van der Waals surface area contributed by atoms with Crippen LogP contribution in [0.1, 0.15) is 42.5 Å². The number of aromatic nitrogens is 2. The summed E-state index contributed by atoms with van der Waals surface area (Å²) in [5.74, 6) is 0.267. The molecule has 4 heterocycles. The molecule has 0 aliphatic carbocycles. The van der Waals surface area contributed by atoms with Crippen molar-refractivity contribution in [1.29, 1.82) is 0 Å². The summed E-state index contributed by atoms with van der Waals surface area (Å²) in [5.41, 5.74) is 2.34. The summed E-state index contributed by atoms with van der Waals surface area (Å²) in [5, 5.41) is 2.96. The molecular formula is C22H26N4O4S2. The van der Waals surface area contributed by atoms with Crippen LogP contribution in [0.15, 0.2) is 34.5 Å². The highest BCUT2D eigenvalue weighted by Crippen LogP contribution is 2.30. The molecule has 0 radical (unpaired) electrons. The highest BCUT2D eigenvalue weighted by atomic mass is 32.2. The number of anilines is 1. The highest BCUT2D eigenvalue weighted by Gasteiger charge is 2.34. The second-order valence-electron chi connectivity index (χ2n) is 8.41. The van der Waals surface area contributed by atoms with E-state index in [1.807, 2.05) is 31.2 Å². The third kappa shape index (κ3) is 4.19. The van der Waals surface area contributed by atoms with Crippen molar-refractivity contribution in [2.24, 2.45) is 5.92 Å². The molecule has 2 fully saturated rings. The van der Waals surface area contributed by atoms with E-state index in [1.165, 1.54) is 15.6 Å². The topological polar surface area (TPSA) is 104 Å². The molecule has 2 saturated heterocycles. The van der Waals surface area contributed by atoms with Crippen molar-refractivity contribution in [3.63, 3.8) is 0 Å². The van der Waals surface area contributed by atoms with Crippen molar-refractivity contribution in [2.75, 3.05) is 25.0 Å². The van der Waals surface area contributed by atoms with Gasteiger partial charge in [0.15, 0.2) is 0 Å². The molecule has 1 amide bonds. The number of nitrogens with one attached hydrogen (secondary N) is 2. The number of piperidine rings is 1. The van der Waals surface area contributed by atoms with Crippen molar-refractivity contribution >= 4 is 44.0 Å². The monoisotopic (exact) mass is 474 g/mol. The lowest BCUT2D eigenvalue weighted by molar-refractivity contribution is -0.120. The van der Waals surface area contributed by atoms with Crippen LogP contribution in [0.25, 0.3) is 11.0 Å². The number of imidazole rings is 1. The van der Waals surface area contributed by atoms with E-state index < -0.39 is 10.0 Å². The summed E-state index contributed by atoms with van der Waals surface area (Å²) in [6.45, 7) is 3.27. The Bertz CT molecular complexity index is 1240. The molecule has 2 atom stereocenters. The Kier molecular flexibility index (Phi) is 5.79. The molecule has 10 heteroatoms. The van der Waals surface area contributed by atoms with Crippen LogP contribution in [0.2, 0.25) is 0 Å². The summed E-state index contributed by atoms with van der Waals surface area (Å²) in [6, 6.07) is 9.01. The molecule has 1 aromatic carbocycles. The van der Waals surface area contributed by atoms with Gasteiger partial charge in [0.05, 0.1) is 17.0 Å². The predicted octanol–water partition coefficient (Wildman–Crippen LogP) is 3.82. The third-order valence-corrected chi connectivity index (χ3v) is 9.40. The van der Waals surface area contributed by atoms with Gasteiger partial charge in [-0.3, -0.25) is 4.79 Å². The molecule has 2 aromatic heterocycles. The van der Waals surface area contributed by atoms with Crippen molar-refractivity contribution in [2.45, 2.75) is 42.9 Å². The van der Waals surface area contributed by atoms with Gasteiger partial charge in [0.25, 0.3) is 10.0 Å². The Morgan fingerprint density at radius 2 is 2.12 bits per heavy atom. The summed E-state index contributed by atoms with van der Waals surface area (Å²) < 4.78 is 33.4. The number of ether oxygens (including phenoxy) is 1. The quantitative estimate of drug-likeness (QED) is 0.585. The maximum absolute atomic E-state index is 13.0. The highest BCUT2D eigenvalue weighted by molar-refractivity contribution is 7.91. The zero-order valence-corrected chi connectivity index (χ0v) is 19.5. The second kappa shape index (κ2) is 8.58. The van der Waals surface area contributed by atoms with E-state index in [9.17, 15) is 13.2 Å². The lowest BCUT2D eigenvalue weighted by Gasteiger charge is -2.30. The Labute approximate surface area is 191 Å². The minimum absolute atomic E-state index is 0.00254.